The van der Waals surface area contributed by atoms with Crippen molar-refractivity contribution in [2.45, 2.75) is 22.9 Å². The maximum absolute atomic E-state index is 12.9. The number of β-lactam (4-membered cyclic amide) rings is 1. The van der Waals surface area contributed by atoms with Crippen LogP contribution in [0, 0.1) is 0 Å². The first kappa shape index (κ1) is 29.5. The van der Waals surface area contributed by atoms with E-state index in [1.807, 2.05) is 0 Å². The molecule has 1 fully saturated rings. The minimum Gasteiger partial charge on any atom is -0.477 e. The van der Waals surface area contributed by atoms with Crippen molar-refractivity contribution in [2.24, 2.45) is 5.73 Å². The van der Waals surface area contributed by atoms with Gasteiger partial charge in [-0.2, -0.15) is 0 Å². The molecule has 0 spiro atoms. The van der Waals surface area contributed by atoms with Crippen LogP contribution in [0.3, 0.4) is 0 Å². The van der Waals surface area contributed by atoms with E-state index in [1.54, 1.807) is 35.2 Å². The highest BCUT2D eigenvalue weighted by atomic mass is 35.5. The van der Waals surface area contributed by atoms with Gasteiger partial charge in [-0.25, -0.2) is 9.36 Å². The molecule has 0 unspecified atom stereocenters. The first-order valence-electron chi connectivity index (χ1n) is 11.5. The predicted octanol–water partition coefficient (Wildman–Crippen LogP) is 2.15. The molecule has 0 radical (unpaired) electrons. The van der Waals surface area contributed by atoms with Crippen molar-refractivity contribution in [1.29, 1.82) is 0 Å². The molecule has 2 aliphatic rings. The lowest BCUT2D eigenvalue weighted by Crippen LogP contribution is -2.70. The Bertz CT molecular complexity index is 1360. The predicted molar refractivity (Wildman–Crippen MR) is 150 cm³/mol. The fourth-order valence-corrected chi connectivity index (χ4v) is 6.88. The van der Waals surface area contributed by atoms with Crippen LogP contribution in [0.2, 0.25) is 15.1 Å². The zero-order valence-corrected chi connectivity index (χ0v) is 24.1. The zero-order valence-electron chi connectivity index (χ0n) is 20.2. The Balaban J connectivity index is 1.39. The molecule has 1 aromatic heterocycles. The van der Waals surface area contributed by atoms with Crippen molar-refractivity contribution in [2.75, 3.05) is 24.6 Å². The quantitative estimate of drug-likeness (QED) is 0.135. The number of rotatable bonds is 10. The number of hydrogen-bond acceptors (Lipinski definition) is 7. The van der Waals surface area contributed by atoms with Crippen LogP contribution < -0.4 is 20.9 Å². The van der Waals surface area contributed by atoms with Crippen molar-refractivity contribution >= 4 is 82.0 Å². The standard InChI is InChI=1S/C24H22Cl3N5O5S2/c25-14-7-16(27)17(8-15(14)26)38-11-18(33)30-19-22(35)32-20(24(36)37)13(10-39-23(19)32)9-31-5-1-12(2-6-31)21(34)29-4-3-28/h1-2,5-8,19,23H,3-4,9-11,28H2,(H2-,29,30,33,34,36,37)/p+1/t19-,23-/m1/s1. The van der Waals surface area contributed by atoms with Crippen LogP contribution in [0.1, 0.15) is 10.4 Å². The van der Waals surface area contributed by atoms with Crippen LogP contribution in [0.15, 0.2) is 52.8 Å². The maximum atomic E-state index is 12.9. The summed E-state index contributed by atoms with van der Waals surface area (Å²) in [7, 11) is 0. The highest BCUT2D eigenvalue weighted by Gasteiger charge is 2.54. The van der Waals surface area contributed by atoms with E-state index in [4.69, 9.17) is 40.5 Å². The van der Waals surface area contributed by atoms with Gasteiger partial charge in [0, 0.05) is 41.4 Å². The van der Waals surface area contributed by atoms with E-state index in [2.05, 4.69) is 10.6 Å². The second-order valence-electron chi connectivity index (χ2n) is 8.50. The van der Waals surface area contributed by atoms with Crippen molar-refractivity contribution in [3.8, 4) is 0 Å². The number of hydrogen-bond donors (Lipinski definition) is 4. The van der Waals surface area contributed by atoms with Gasteiger partial charge in [-0.05, 0) is 12.1 Å². The number of aliphatic carboxylic acids is 1. The van der Waals surface area contributed by atoms with E-state index in [0.29, 0.717) is 49.9 Å². The Kier molecular flexibility index (Phi) is 9.68. The number of carbonyl (C=O) groups is 4. The Morgan fingerprint density at radius 3 is 2.51 bits per heavy atom. The molecule has 0 saturated carbocycles. The highest BCUT2D eigenvalue weighted by Crippen LogP contribution is 2.40. The molecule has 39 heavy (non-hydrogen) atoms. The van der Waals surface area contributed by atoms with E-state index < -0.39 is 29.2 Å². The Labute approximate surface area is 247 Å². The van der Waals surface area contributed by atoms with Gasteiger partial charge in [0.15, 0.2) is 18.9 Å². The minimum atomic E-state index is -1.23. The smallest absolute Gasteiger partial charge is 0.352 e. The first-order valence-corrected chi connectivity index (χ1v) is 14.7. The van der Waals surface area contributed by atoms with Crippen molar-refractivity contribution in [1.82, 2.24) is 15.5 Å². The number of fused-ring (bicyclic) bond motifs is 1. The normalized spacial score (nSPS) is 18.4. The number of nitrogens with one attached hydrogen (secondary N) is 2. The number of pyridine rings is 1. The number of nitrogens with zero attached hydrogens (tertiary/aromatic N) is 2. The van der Waals surface area contributed by atoms with Crippen LogP contribution in [0.4, 0.5) is 0 Å². The number of nitrogens with two attached hydrogens (primary N) is 1. The molecule has 0 aliphatic carbocycles. The molecule has 4 rings (SSSR count). The lowest BCUT2D eigenvalue weighted by Gasteiger charge is -2.49. The molecule has 0 bridgehead atoms. The van der Waals surface area contributed by atoms with E-state index in [1.165, 1.54) is 22.7 Å². The molecule has 3 heterocycles. The van der Waals surface area contributed by atoms with Gasteiger partial charge in [-0.3, -0.25) is 19.3 Å². The number of amides is 3. The fraction of sp³-hybridized carbons (Fsp3) is 0.292. The molecular formula is C24H23Cl3N5O5S2+. The van der Waals surface area contributed by atoms with Gasteiger partial charge in [0.05, 0.1) is 26.4 Å². The number of benzene rings is 1. The molecule has 1 aromatic carbocycles. The summed E-state index contributed by atoms with van der Waals surface area (Å²) in [6.45, 7) is 0.903. The fourth-order valence-electron chi connectivity index (χ4n) is 4.00. The van der Waals surface area contributed by atoms with Gasteiger partial charge in [-0.15, -0.1) is 23.5 Å². The van der Waals surface area contributed by atoms with Gasteiger partial charge in [-0.1, -0.05) is 34.8 Å². The van der Waals surface area contributed by atoms with Gasteiger partial charge < -0.3 is 21.5 Å². The van der Waals surface area contributed by atoms with E-state index in [9.17, 15) is 24.3 Å². The molecule has 2 aromatic rings. The molecule has 2 aliphatic heterocycles. The van der Waals surface area contributed by atoms with Gasteiger partial charge in [0.2, 0.25) is 5.91 Å². The maximum Gasteiger partial charge on any atom is 0.352 e. The monoisotopic (exact) mass is 630 g/mol. The SMILES string of the molecule is NCCNC(=O)c1cc[n+](CC2=C(C(=O)O)N3C(=O)[C@@H](NC(=O)CSc4cc(Cl)c(Cl)cc4Cl)[C@H]3SC2)cc1. The average molecular weight is 632 g/mol. The summed E-state index contributed by atoms with van der Waals surface area (Å²) in [6.07, 6.45) is 3.33. The zero-order chi connectivity index (χ0) is 28.3. The lowest BCUT2D eigenvalue weighted by molar-refractivity contribution is -0.689. The molecule has 2 atom stereocenters. The summed E-state index contributed by atoms with van der Waals surface area (Å²) >= 11 is 20.6. The van der Waals surface area contributed by atoms with Crippen molar-refractivity contribution in [3.63, 3.8) is 0 Å². The average Bonchev–Trinajstić information content (AvgIpc) is 2.91. The summed E-state index contributed by atoms with van der Waals surface area (Å²) in [4.78, 5) is 51.5. The van der Waals surface area contributed by atoms with Crippen LogP contribution in [0.5, 0.6) is 0 Å². The summed E-state index contributed by atoms with van der Waals surface area (Å²) in [5.41, 5.74) is 6.29. The van der Waals surface area contributed by atoms with Gasteiger partial charge in [0.1, 0.15) is 17.1 Å². The summed E-state index contributed by atoms with van der Waals surface area (Å²) < 4.78 is 1.73. The lowest BCUT2D eigenvalue weighted by atomic mass is 10.0. The number of thioether (sulfide) groups is 2. The molecule has 206 valence electrons. The first-order chi connectivity index (χ1) is 18.6. The molecular weight excluding hydrogens is 609 g/mol. The molecule has 3 amide bonds. The number of carboxylic acids is 1. The summed E-state index contributed by atoms with van der Waals surface area (Å²) in [5, 5.41) is 15.7. The summed E-state index contributed by atoms with van der Waals surface area (Å²) in [6, 6.07) is 5.44. The largest absolute Gasteiger partial charge is 0.477 e. The number of halogens is 3. The van der Waals surface area contributed by atoms with Gasteiger partial charge >= 0.3 is 5.97 Å². The van der Waals surface area contributed by atoms with Crippen molar-refractivity contribution < 1.29 is 28.9 Å². The molecule has 10 nitrogen and oxygen atoms in total. The van der Waals surface area contributed by atoms with Gasteiger partial charge in [0.25, 0.3) is 11.8 Å². The van der Waals surface area contributed by atoms with E-state index >= 15 is 0 Å². The van der Waals surface area contributed by atoms with E-state index in [-0.39, 0.29) is 23.9 Å². The van der Waals surface area contributed by atoms with Crippen LogP contribution >= 0.6 is 58.3 Å². The second kappa shape index (κ2) is 12.8. The molecule has 15 heteroatoms. The highest BCUT2D eigenvalue weighted by molar-refractivity contribution is 8.00. The number of carbonyl (C=O) groups excluding carboxylic acids is 3. The van der Waals surface area contributed by atoms with Crippen molar-refractivity contribution in [3.05, 3.63) is 68.6 Å². The number of aromatic nitrogens is 1. The topological polar surface area (TPSA) is 146 Å². The van der Waals surface area contributed by atoms with Crippen LogP contribution in [-0.2, 0) is 20.9 Å². The Hall–Kier alpha value is -2.48. The second-order valence-corrected chi connectivity index (χ2v) is 11.8. The number of carboxylic acid groups (broad SMARTS) is 1. The molecule has 1 saturated heterocycles. The third-order valence-electron chi connectivity index (χ3n) is 5.86. The summed E-state index contributed by atoms with van der Waals surface area (Å²) in [5.74, 6) is -2.06. The third-order valence-corrected chi connectivity index (χ3v) is 9.40. The Morgan fingerprint density at radius 2 is 1.85 bits per heavy atom. The Morgan fingerprint density at radius 1 is 1.15 bits per heavy atom. The van der Waals surface area contributed by atoms with E-state index in [0.717, 1.165) is 11.8 Å². The molecule has 5 N–H and O–H groups in total. The minimum absolute atomic E-state index is 0.0252. The van der Waals surface area contributed by atoms with Crippen LogP contribution in [0.25, 0.3) is 0 Å². The third kappa shape index (κ3) is 6.64. The van der Waals surface area contributed by atoms with Crippen LogP contribution in [-0.4, -0.2) is 69.7 Å².